The molecule has 0 aromatic heterocycles. The third kappa shape index (κ3) is 4.65. The average Bonchev–Trinajstić information content (AvgIpc) is 2.61. The summed E-state index contributed by atoms with van der Waals surface area (Å²) >= 11 is 0. The zero-order valence-corrected chi connectivity index (χ0v) is 13.6. The van der Waals surface area contributed by atoms with Gasteiger partial charge in [0, 0.05) is 12.2 Å². The Bertz CT molecular complexity index is 753. The number of carbonyl (C=O) groups excluding carboxylic acids is 1. The largest absolute Gasteiger partial charge is 0.493 e. The van der Waals surface area contributed by atoms with E-state index in [-0.39, 0.29) is 6.03 Å². The molecule has 0 unspecified atom stereocenters. The van der Waals surface area contributed by atoms with Crippen LogP contribution in [0.2, 0.25) is 0 Å². The fourth-order valence-corrected chi connectivity index (χ4v) is 2.20. The lowest BCUT2D eigenvalue weighted by Crippen LogP contribution is -2.30. The summed E-state index contributed by atoms with van der Waals surface area (Å²) in [5, 5.41) is 14.3. The molecule has 0 aliphatic heterocycles. The van der Waals surface area contributed by atoms with E-state index in [1.54, 1.807) is 38.5 Å². The number of urea groups is 1. The topological polar surface area (TPSA) is 83.4 Å². The highest BCUT2D eigenvalue weighted by Gasteiger charge is 2.06. The number of methoxy groups -OCH3 is 2. The normalized spacial score (nSPS) is 9.71. The van der Waals surface area contributed by atoms with E-state index in [1.807, 2.05) is 24.3 Å². The Hall–Kier alpha value is -3.20. The zero-order chi connectivity index (χ0) is 17.4. The minimum Gasteiger partial charge on any atom is -0.493 e. The van der Waals surface area contributed by atoms with Crippen molar-refractivity contribution in [1.82, 2.24) is 5.32 Å². The SMILES string of the molecule is COc1ccc(CCNC(=O)Nc2cccc(C#N)c2)cc1OC. The maximum atomic E-state index is 11.9. The number of nitrogens with one attached hydrogen (secondary N) is 2. The second-order valence-corrected chi connectivity index (χ2v) is 5.01. The highest BCUT2D eigenvalue weighted by Crippen LogP contribution is 2.27. The molecule has 0 heterocycles. The van der Waals surface area contributed by atoms with Gasteiger partial charge in [0.1, 0.15) is 0 Å². The Morgan fingerprint density at radius 3 is 2.62 bits per heavy atom. The van der Waals surface area contributed by atoms with Gasteiger partial charge in [0.05, 0.1) is 25.9 Å². The van der Waals surface area contributed by atoms with Crippen molar-refractivity contribution in [1.29, 1.82) is 5.26 Å². The quantitative estimate of drug-likeness (QED) is 0.855. The van der Waals surface area contributed by atoms with Gasteiger partial charge in [-0.05, 0) is 42.3 Å². The maximum absolute atomic E-state index is 11.9. The van der Waals surface area contributed by atoms with Crippen LogP contribution in [-0.2, 0) is 6.42 Å². The van der Waals surface area contributed by atoms with Crippen molar-refractivity contribution in [2.75, 3.05) is 26.1 Å². The summed E-state index contributed by atoms with van der Waals surface area (Å²) < 4.78 is 10.4. The van der Waals surface area contributed by atoms with E-state index in [0.29, 0.717) is 35.7 Å². The Labute approximate surface area is 141 Å². The number of benzene rings is 2. The third-order valence-corrected chi connectivity index (χ3v) is 3.40. The average molecular weight is 325 g/mol. The molecule has 2 rings (SSSR count). The molecule has 0 saturated carbocycles. The smallest absolute Gasteiger partial charge is 0.319 e. The number of nitrogens with zero attached hydrogens (tertiary/aromatic N) is 1. The summed E-state index contributed by atoms with van der Waals surface area (Å²) in [5.74, 6) is 1.33. The van der Waals surface area contributed by atoms with Gasteiger partial charge in [-0.15, -0.1) is 0 Å². The van der Waals surface area contributed by atoms with Gasteiger partial charge in [0.25, 0.3) is 0 Å². The summed E-state index contributed by atoms with van der Waals surface area (Å²) in [6.07, 6.45) is 0.659. The second-order valence-electron chi connectivity index (χ2n) is 5.01. The minimum absolute atomic E-state index is 0.314. The molecule has 2 N–H and O–H groups in total. The van der Waals surface area contributed by atoms with Gasteiger partial charge in [-0.3, -0.25) is 0 Å². The Kier molecular flexibility index (Phi) is 6.03. The lowest BCUT2D eigenvalue weighted by Gasteiger charge is -2.10. The molecule has 124 valence electrons. The summed E-state index contributed by atoms with van der Waals surface area (Å²) in [7, 11) is 3.17. The molecule has 0 saturated heterocycles. The van der Waals surface area contributed by atoms with Crippen LogP contribution in [-0.4, -0.2) is 26.8 Å². The van der Waals surface area contributed by atoms with Crippen molar-refractivity contribution in [2.45, 2.75) is 6.42 Å². The lowest BCUT2D eigenvalue weighted by atomic mass is 10.1. The Morgan fingerprint density at radius 2 is 1.92 bits per heavy atom. The van der Waals surface area contributed by atoms with Gasteiger partial charge in [-0.2, -0.15) is 5.26 Å². The third-order valence-electron chi connectivity index (χ3n) is 3.40. The van der Waals surface area contributed by atoms with Crippen LogP contribution in [0.5, 0.6) is 11.5 Å². The molecule has 24 heavy (non-hydrogen) atoms. The highest BCUT2D eigenvalue weighted by molar-refractivity contribution is 5.89. The van der Waals surface area contributed by atoms with Gasteiger partial charge in [-0.1, -0.05) is 12.1 Å². The first kappa shape index (κ1) is 17.2. The Morgan fingerprint density at radius 1 is 1.12 bits per heavy atom. The predicted molar refractivity (Wildman–Crippen MR) is 91.4 cm³/mol. The zero-order valence-electron chi connectivity index (χ0n) is 13.6. The standard InChI is InChI=1S/C18H19N3O3/c1-23-16-7-6-13(11-17(16)24-2)8-9-20-18(22)21-15-5-3-4-14(10-15)12-19/h3-7,10-11H,8-9H2,1-2H3,(H2,20,21,22). The molecule has 0 atom stereocenters. The highest BCUT2D eigenvalue weighted by atomic mass is 16.5. The van der Waals surface area contributed by atoms with Crippen molar-refractivity contribution >= 4 is 11.7 Å². The molecule has 0 radical (unpaired) electrons. The van der Waals surface area contributed by atoms with Gasteiger partial charge in [0.2, 0.25) is 0 Å². The monoisotopic (exact) mass is 325 g/mol. The van der Waals surface area contributed by atoms with Gasteiger partial charge in [-0.25, -0.2) is 4.79 Å². The van der Waals surface area contributed by atoms with Crippen molar-refractivity contribution in [2.24, 2.45) is 0 Å². The van der Waals surface area contributed by atoms with E-state index in [9.17, 15) is 4.79 Å². The summed E-state index contributed by atoms with van der Waals surface area (Å²) in [6, 6.07) is 14.1. The first-order valence-electron chi connectivity index (χ1n) is 7.42. The fraction of sp³-hybridized carbons (Fsp3) is 0.222. The number of nitriles is 1. The molecule has 2 aromatic carbocycles. The summed E-state index contributed by atoms with van der Waals surface area (Å²) in [5.41, 5.74) is 2.11. The van der Waals surface area contributed by atoms with E-state index in [1.165, 1.54) is 0 Å². The molecular formula is C18H19N3O3. The number of hydrogen-bond donors (Lipinski definition) is 2. The molecule has 6 heteroatoms. The van der Waals surface area contributed by atoms with Crippen molar-refractivity contribution in [3.8, 4) is 17.6 Å². The number of carbonyl (C=O) groups is 1. The Balaban J connectivity index is 1.85. The van der Waals surface area contributed by atoms with Crippen LogP contribution in [0.3, 0.4) is 0 Å². The van der Waals surface area contributed by atoms with Crippen molar-refractivity contribution in [3.63, 3.8) is 0 Å². The molecular weight excluding hydrogens is 306 g/mol. The van der Waals surface area contributed by atoms with Crippen LogP contribution >= 0.6 is 0 Å². The van der Waals surface area contributed by atoms with E-state index in [2.05, 4.69) is 10.6 Å². The molecule has 0 aliphatic carbocycles. The molecule has 2 aromatic rings. The fourth-order valence-electron chi connectivity index (χ4n) is 2.20. The van der Waals surface area contributed by atoms with Crippen LogP contribution in [0, 0.1) is 11.3 Å². The molecule has 0 fully saturated rings. The summed E-state index contributed by atoms with van der Waals surface area (Å²) in [4.78, 5) is 11.9. The predicted octanol–water partition coefficient (Wildman–Crippen LogP) is 2.94. The lowest BCUT2D eigenvalue weighted by molar-refractivity contribution is 0.252. The first-order valence-corrected chi connectivity index (χ1v) is 7.42. The second kappa shape index (κ2) is 8.44. The van der Waals surface area contributed by atoms with E-state index in [0.717, 1.165) is 5.56 Å². The maximum Gasteiger partial charge on any atom is 0.319 e. The summed E-state index contributed by atoms with van der Waals surface area (Å²) in [6.45, 7) is 0.471. The molecule has 6 nitrogen and oxygen atoms in total. The molecule has 0 bridgehead atoms. The number of ether oxygens (including phenoxy) is 2. The number of hydrogen-bond acceptors (Lipinski definition) is 4. The number of anilines is 1. The van der Waals surface area contributed by atoms with Gasteiger partial charge >= 0.3 is 6.03 Å². The van der Waals surface area contributed by atoms with Gasteiger partial charge < -0.3 is 20.1 Å². The first-order chi connectivity index (χ1) is 11.7. The van der Waals surface area contributed by atoms with Crippen LogP contribution in [0.15, 0.2) is 42.5 Å². The van der Waals surface area contributed by atoms with Crippen molar-refractivity contribution in [3.05, 3.63) is 53.6 Å². The minimum atomic E-state index is -0.314. The molecule has 0 spiro atoms. The van der Waals surface area contributed by atoms with E-state index >= 15 is 0 Å². The van der Waals surface area contributed by atoms with Gasteiger partial charge in [0.15, 0.2) is 11.5 Å². The number of amides is 2. The van der Waals surface area contributed by atoms with Crippen LogP contribution in [0.4, 0.5) is 10.5 Å². The van der Waals surface area contributed by atoms with Crippen molar-refractivity contribution < 1.29 is 14.3 Å². The van der Waals surface area contributed by atoms with Crippen LogP contribution in [0.25, 0.3) is 0 Å². The van der Waals surface area contributed by atoms with E-state index < -0.39 is 0 Å². The van der Waals surface area contributed by atoms with Crippen LogP contribution < -0.4 is 20.1 Å². The van der Waals surface area contributed by atoms with E-state index in [4.69, 9.17) is 14.7 Å². The number of rotatable bonds is 6. The molecule has 2 amide bonds. The molecule has 0 aliphatic rings. The van der Waals surface area contributed by atoms with Crippen LogP contribution in [0.1, 0.15) is 11.1 Å².